The minimum atomic E-state index is -0.104. The molecule has 4 aromatic rings. The van der Waals surface area contributed by atoms with Gasteiger partial charge < -0.3 is 10.2 Å². The number of nitrogens with one attached hydrogen (secondary N) is 1. The first-order valence-electron chi connectivity index (χ1n) is 9.30. The first kappa shape index (κ1) is 26.6. The number of benzene rings is 2. The molecule has 1 N–H and O–H groups in total. The van der Waals surface area contributed by atoms with Gasteiger partial charge in [0.05, 0.1) is 16.8 Å². The highest BCUT2D eigenvalue weighted by atomic mass is 35.5. The Balaban J connectivity index is 0.00000160. The predicted octanol–water partition coefficient (Wildman–Crippen LogP) is 5.01. The third-order valence-corrected chi connectivity index (χ3v) is 4.76. The van der Waals surface area contributed by atoms with Crippen LogP contribution in [0.1, 0.15) is 10.4 Å². The van der Waals surface area contributed by atoms with Gasteiger partial charge in [-0.25, -0.2) is 4.98 Å². The van der Waals surface area contributed by atoms with E-state index in [1.165, 1.54) is 0 Å². The fraction of sp³-hybridized carbons (Fsp3) is 0.174. The summed E-state index contributed by atoms with van der Waals surface area (Å²) < 4.78 is 0. The molecule has 0 aliphatic rings. The van der Waals surface area contributed by atoms with Gasteiger partial charge in [0.1, 0.15) is 0 Å². The number of hydrogen-bond donors (Lipinski definition) is 1. The summed E-state index contributed by atoms with van der Waals surface area (Å²) in [6, 6.07) is 17.8. The third-order valence-electron chi connectivity index (χ3n) is 4.76. The number of aromatic nitrogens is 2. The van der Waals surface area contributed by atoms with Crippen LogP contribution in [0.4, 0.5) is 0 Å². The van der Waals surface area contributed by atoms with Crippen molar-refractivity contribution in [2.75, 3.05) is 27.2 Å². The van der Waals surface area contributed by atoms with Crippen LogP contribution in [0.15, 0.2) is 67.0 Å². The number of pyridine rings is 2. The van der Waals surface area contributed by atoms with Crippen LogP contribution >= 0.6 is 37.2 Å². The van der Waals surface area contributed by atoms with Crippen LogP contribution in [-0.2, 0) is 0 Å². The molecule has 2 heterocycles. The summed E-state index contributed by atoms with van der Waals surface area (Å²) >= 11 is 0. The van der Waals surface area contributed by atoms with Gasteiger partial charge in [0.25, 0.3) is 5.91 Å². The minimum Gasteiger partial charge on any atom is -0.351 e. The van der Waals surface area contributed by atoms with E-state index >= 15 is 0 Å². The van der Waals surface area contributed by atoms with Crippen LogP contribution < -0.4 is 5.32 Å². The number of para-hydroxylation sites is 1. The smallest absolute Gasteiger partial charge is 0.253 e. The van der Waals surface area contributed by atoms with Crippen molar-refractivity contribution in [3.05, 3.63) is 72.6 Å². The molecular formula is C23H25Cl3N4O. The van der Waals surface area contributed by atoms with Crippen LogP contribution in [0.2, 0.25) is 0 Å². The largest absolute Gasteiger partial charge is 0.351 e. The Morgan fingerprint density at radius 3 is 2.29 bits per heavy atom. The van der Waals surface area contributed by atoms with Crippen LogP contribution in [-0.4, -0.2) is 48.0 Å². The van der Waals surface area contributed by atoms with E-state index in [0.29, 0.717) is 17.6 Å². The Bertz CT molecular complexity index is 1150. The maximum Gasteiger partial charge on any atom is 0.253 e. The van der Waals surface area contributed by atoms with E-state index in [0.717, 1.165) is 34.0 Å². The van der Waals surface area contributed by atoms with Gasteiger partial charge in [-0.15, -0.1) is 37.2 Å². The Labute approximate surface area is 200 Å². The molecule has 0 fully saturated rings. The molecule has 164 valence electrons. The number of carbonyl (C=O) groups excluding carboxylic acids is 1. The quantitative estimate of drug-likeness (QED) is 0.409. The molecule has 0 unspecified atom stereocenters. The first-order valence-corrected chi connectivity index (χ1v) is 9.30. The van der Waals surface area contributed by atoms with E-state index in [1.807, 2.05) is 61.5 Å². The summed E-state index contributed by atoms with van der Waals surface area (Å²) in [5.41, 5.74) is 3.07. The highest BCUT2D eigenvalue weighted by molar-refractivity contribution is 6.16. The molecule has 5 nitrogen and oxygen atoms in total. The van der Waals surface area contributed by atoms with Gasteiger partial charge in [-0.1, -0.05) is 36.4 Å². The SMILES string of the molecule is CN(C)CCNC(=O)c1cccc2c1nc(-c1cccnc1)c1ccccc12.Cl.Cl.Cl. The molecule has 0 spiro atoms. The summed E-state index contributed by atoms with van der Waals surface area (Å²) in [4.78, 5) is 24.0. The molecule has 0 saturated heterocycles. The summed E-state index contributed by atoms with van der Waals surface area (Å²) in [6.07, 6.45) is 3.55. The second-order valence-corrected chi connectivity index (χ2v) is 7.01. The van der Waals surface area contributed by atoms with Gasteiger partial charge in [0.15, 0.2) is 0 Å². The van der Waals surface area contributed by atoms with Crippen molar-refractivity contribution < 1.29 is 4.79 Å². The number of likely N-dealkylation sites (N-methyl/N-ethyl adjacent to an activating group) is 1. The highest BCUT2D eigenvalue weighted by Crippen LogP contribution is 2.33. The maximum absolute atomic E-state index is 12.8. The standard InChI is InChI=1S/C23H22N4O.3ClH/c1-27(2)14-13-25-23(28)20-11-5-10-19-17-8-3-4-9-18(17)21(26-22(19)20)16-7-6-12-24-15-16;;;/h3-12,15H,13-14H2,1-2H3,(H,25,28);3*1H. The average Bonchev–Trinajstić information content (AvgIpc) is 2.73. The molecule has 2 aromatic carbocycles. The number of halogens is 3. The molecule has 0 radical (unpaired) electrons. The Morgan fingerprint density at radius 2 is 1.61 bits per heavy atom. The number of rotatable bonds is 5. The molecule has 1 amide bonds. The summed E-state index contributed by atoms with van der Waals surface area (Å²) in [7, 11) is 3.97. The van der Waals surface area contributed by atoms with Gasteiger partial charge in [-0.2, -0.15) is 0 Å². The highest BCUT2D eigenvalue weighted by Gasteiger charge is 2.16. The van der Waals surface area contributed by atoms with E-state index in [1.54, 1.807) is 12.4 Å². The zero-order chi connectivity index (χ0) is 19.5. The summed E-state index contributed by atoms with van der Waals surface area (Å²) in [5.74, 6) is -0.104. The summed E-state index contributed by atoms with van der Waals surface area (Å²) in [5, 5.41) is 6.10. The second kappa shape index (κ2) is 11.8. The second-order valence-electron chi connectivity index (χ2n) is 7.01. The number of fused-ring (bicyclic) bond motifs is 3. The lowest BCUT2D eigenvalue weighted by Gasteiger charge is -2.14. The number of carbonyl (C=O) groups is 1. The topological polar surface area (TPSA) is 58.1 Å². The van der Waals surface area contributed by atoms with Crippen LogP contribution in [0, 0.1) is 0 Å². The van der Waals surface area contributed by atoms with Gasteiger partial charge in [-0.05, 0) is 37.7 Å². The van der Waals surface area contributed by atoms with Crippen molar-refractivity contribution in [2.45, 2.75) is 0 Å². The monoisotopic (exact) mass is 478 g/mol. The molecule has 2 aromatic heterocycles. The van der Waals surface area contributed by atoms with Crippen LogP contribution in [0.5, 0.6) is 0 Å². The third kappa shape index (κ3) is 5.63. The molecule has 0 saturated carbocycles. The van der Waals surface area contributed by atoms with Crippen LogP contribution in [0.25, 0.3) is 32.9 Å². The van der Waals surface area contributed by atoms with E-state index in [2.05, 4.69) is 22.4 Å². The average molecular weight is 480 g/mol. The maximum atomic E-state index is 12.8. The fourth-order valence-electron chi connectivity index (χ4n) is 3.37. The zero-order valence-electron chi connectivity index (χ0n) is 17.2. The van der Waals surface area contributed by atoms with Crippen molar-refractivity contribution in [3.8, 4) is 11.3 Å². The van der Waals surface area contributed by atoms with Gasteiger partial charge in [0, 0.05) is 41.8 Å². The van der Waals surface area contributed by atoms with E-state index in [-0.39, 0.29) is 43.1 Å². The number of amides is 1. The van der Waals surface area contributed by atoms with Crippen molar-refractivity contribution in [3.63, 3.8) is 0 Å². The molecule has 8 heteroatoms. The Morgan fingerprint density at radius 1 is 0.903 bits per heavy atom. The van der Waals surface area contributed by atoms with Gasteiger partial charge >= 0.3 is 0 Å². The fourth-order valence-corrected chi connectivity index (χ4v) is 3.37. The molecular weight excluding hydrogens is 455 g/mol. The van der Waals surface area contributed by atoms with E-state index in [9.17, 15) is 4.79 Å². The number of hydrogen-bond acceptors (Lipinski definition) is 4. The van der Waals surface area contributed by atoms with E-state index in [4.69, 9.17) is 4.98 Å². The molecule has 31 heavy (non-hydrogen) atoms. The normalized spacial score (nSPS) is 10.2. The number of nitrogens with zero attached hydrogens (tertiary/aromatic N) is 3. The van der Waals surface area contributed by atoms with Crippen molar-refractivity contribution >= 4 is 64.8 Å². The lowest BCUT2D eigenvalue weighted by molar-refractivity contribution is 0.0952. The molecule has 0 bridgehead atoms. The van der Waals surface area contributed by atoms with Gasteiger partial charge in [-0.3, -0.25) is 9.78 Å². The zero-order valence-corrected chi connectivity index (χ0v) is 19.7. The molecule has 0 aliphatic carbocycles. The molecule has 0 aliphatic heterocycles. The van der Waals surface area contributed by atoms with Crippen molar-refractivity contribution in [2.24, 2.45) is 0 Å². The summed E-state index contributed by atoms with van der Waals surface area (Å²) in [6.45, 7) is 1.37. The first-order chi connectivity index (χ1) is 13.6. The van der Waals surface area contributed by atoms with Gasteiger partial charge in [0.2, 0.25) is 0 Å². The van der Waals surface area contributed by atoms with Crippen molar-refractivity contribution in [1.29, 1.82) is 0 Å². The molecule has 4 rings (SSSR count). The van der Waals surface area contributed by atoms with Crippen LogP contribution in [0.3, 0.4) is 0 Å². The van der Waals surface area contributed by atoms with E-state index < -0.39 is 0 Å². The molecule has 0 atom stereocenters. The predicted molar refractivity (Wildman–Crippen MR) is 135 cm³/mol. The lowest BCUT2D eigenvalue weighted by Crippen LogP contribution is -2.31. The Hall–Kier alpha value is -2.44. The minimum absolute atomic E-state index is 0. The van der Waals surface area contributed by atoms with Crippen molar-refractivity contribution in [1.82, 2.24) is 20.2 Å². The Kier molecular flexibility index (Phi) is 10.1. The lowest BCUT2D eigenvalue weighted by atomic mass is 9.99.